The minimum Gasteiger partial charge on any atom is -0.438 e. The minimum absolute atomic E-state index is 0.0707. The smallest absolute Gasteiger partial charge is 0.411 e. The van der Waals surface area contributed by atoms with Gasteiger partial charge in [-0.25, -0.2) is 9.18 Å². The second kappa shape index (κ2) is 9.30. The summed E-state index contributed by atoms with van der Waals surface area (Å²) in [4.78, 5) is 26.5. The van der Waals surface area contributed by atoms with Crippen molar-refractivity contribution in [2.24, 2.45) is 7.05 Å². The van der Waals surface area contributed by atoms with Gasteiger partial charge in [0.05, 0.1) is 11.6 Å². The Morgan fingerprint density at radius 2 is 1.71 bits per heavy atom. The molecule has 4 rings (SSSR count). The lowest BCUT2D eigenvalue weighted by atomic mass is 9.79. The number of aromatic nitrogens is 1. The van der Waals surface area contributed by atoms with Gasteiger partial charge in [-0.15, -0.1) is 0 Å². The van der Waals surface area contributed by atoms with E-state index in [1.807, 2.05) is 31.2 Å². The zero-order valence-electron chi connectivity index (χ0n) is 20.5. The molecule has 0 radical (unpaired) electrons. The quantitative estimate of drug-likeness (QED) is 0.532. The fourth-order valence-corrected chi connectivity index (χ4v) is 4.86. The van der Waals surface area contributed by atoms with Crippen LogP contribution in [0.15, 0.2) is 71.7 Å². The van der Waals surface area contributed by atoms with Gasteiger partial charge in [-0.2, -0.15) is 0 Å². The number of ether oxygens (including phenoxy) is 1. The lowest BCUT2D eigenvalue weighted by Crippen LogP contribution is -2.51. The molecule has 1 aliphatic rings. The molecule has 3 aromatic rings. The van der Waals surface area contributed by atoms with Gasteiger partial charge in [0.15, 0.2) is 0 Å². The van der Waals surface area contributed by atoms with Gasteiger partial charge >= 0.3 is 6.09 Å². The largest absolute Gasteiger partial charge is 0.438 e. The predicted octanol–water partition coefficient (Wildman–Crippen LogP) is 5.15. The second-order valence-corrected chi connectivity index (χ2v) is 9.94. The number of cyclic esters (lactones) is 1. The molecule has 0 saturated carbocycles. The van der Waals surface area contributed by atoms with E-state index in [4.69, 9.17) is 4.74 Å². The monoisotopic (exact) mass is 478 g/mol. The van der Waals surface area contributed by atoms with E-state index in [-0.39, 0.29) is 23.6 Å². The van der Waals surface area contributed by atoms with Crippen LogP contribution < -0.4 is 5.56 Å². The van der Waals surface area contributed by atoms with Crippen LogP contribution in [-0.4, -0.2) is 32.8 Å². The number of hydrogen-bond donors (Lipinski definition) is 1. The van der Waals surface area contributed by atoms with Crippen LogP contribution >= 0.6 is 0 Å². The number of benzene rings is 2. The summed E-state index contributed by atoms with van der Waals surface area (Å²) in [7, 11) is 1.71. The number of carbonyl (C=O) groups excluding carboxylic acids is 1. The van der Waals surface area contributed by atoms with E-state index < -0.39 is 23.1 Å². The number of rotatable bonds is 6. The molecule has 2 atom stereocenters. The number of aryl methyl sites for hydroxylation is 1. The molecule has 6 nitrogen and oxygen atoms in total. The van der Waals surface area contributed by atoms with Crippen molar-refractivity contribution in [3.63, 3.8) is 0 Å². The van der Waals surface area contributed by atoms with Crippen molar-refractivity contribution in [3.05, 3.63) is 94.2 Å². The van der Waals surface area contributed by atoms with Crippen molar-refractivity contribution in [3.8, 4) is 11.1 Å². The first-order valence-corrected chi connectivity index (χ1v) is 11.7. The van der Waals surface area contributed by atoms with Crippen LogP contribution in [0.4, 0.5) is 9.18 Å². The highest BCUT2D eigenvalue weighted by atomic mass is 19.1. The summed E-state index contributed by atoms with van der Waals surface area (Å²) in [5.74, 6) is -0.458. The number of hydrogen-bond acceptors (Lipinski definition) is 4. The summed E-state index contributed by atoms with van der Waals surface area (Å²) in [5, 5.41) is 10.5. The maximum atomic E-state index is 14.8. The van der Waals surface area contributed by atoms with E-state index in [2.05, 4.69) is 0 Å². The van der Waals surface area contributed by atoms with Crippen LogP contribution in [0.25, 0.3) is 11.1 Å². The Labute approximate surface area is 204 Å². The van der Waals surface area contributed by atoms with E-state index in [9.17, 15) is 19.1 Å². The highest BCUT2D eigenvalue weighted by Gasteiger charge is 2.47. The number of pyridine rings is 1. The van der Waals surface area contributed by atoms with Crippen molar-refractivity contribution in [1.29, 1.82) is 0 Å². The average Bonchev–Trinajstić information content (AvgIpc) is 2.80. The van der Waals surface area contributed by atoms with Crippen molar-refractivity contribution in [2.45, 2.75) is 50.9 Å². The molecule has 1 fully saturated rings. The van der Waals surface area contributed by atoms with Gasteiger partial charge in [0.25, 0.3) is 0 Å². The molecule has 1 aliphatic heterocycles. The lowest BCUT2D eigenvalue weighted by molar-refractivity contribution is -0.102. The second-order valence-electron chi connectivity index (χ2n) is 9.94. The van der Waals surface area contributed by atoms with E-state index in [0.717, 1.165) is 16.7 Å². The SMILES string of the molecule is C[C@@H](c1ccc(-c2ccc(=O)n(C)c2)cc1)N1CCC(CC(C)(C)O)(c2ccccc2F)OC1=O. The molecule has 1 unspecified atom stereocenters. The third kappa shape index (κ3) is 5.15. The first-order chi connectivity index (χ1) is 16.5. The van der Waals surface area contributed by atoms with Gasteiger partial charge in [0.2, 0.25) is 5.56 Å². The van der Waals surface area contributed by atoms with E-state index in [1.165, 1.54) is 16.7 Å². The van der Waals surface area contributed by atoms with Gasteiger partial charge in [0, 0.05) is 44.3 Å². The Bertz CT molecular complexity index is 1280. The molecule has 1 N–H and O–H groups in total. The molecule has 1 saturated heterocycles. The Morgan fingerprint density at radius 3 is 2.31 bits per heavy atom. The third-order valence-corrected chi connectivity index (χ3v) is 6.64. The summed E-state index contributed by atoms with van der Waals surface area (Å²) < 4.78 is 22.2. The average molecular weight is 479 g/mol. The van der Waals surface area contributed by atoms with Crippen molar-refractivity contribution >= 4 is 6.09 Å². The molecule has 184 valence electrons. The van der Waals surface area contributed by atoms with Crippen LogP contribution in [-0.2, 0) is 17.4 Å². The lowest BCUT2D eigenvalue weighted by Gasteiger charge is -2.45. The van der Waals surface area contributed by atoms with Gasteiger partial charge in [-0.05, 0) is 49.6 Å². The highest BCUT2D eigenvalue weighted by molar-refractivity contribution is 5.70. The fourth-order valence-electron chi connectivity index (χ4n) is 4.86. The molecule has 0 bridgehead atoms. The zero-order valence-corrected chi connectivity index (χ0v) is 20.5. The molecule has 2 aromatic carbocycles. The standard InChI is InChI=1S/C28H31FN2O4/c1-19(20-9-11-21(12-10-20)22-13-14-25(32)30(4)17-22)31-16-15-28(35-26(31)33,18-27(2,3)34)23-7-5-6-8-24(23)29/h5-14,17,19,34H,15-16,18H2,1-4H3/t19-,28?/m0/s1. The Hall–Kier alpha value is -3.45. The number of halogens is 1. The number of carbonyl (C=O) groups is 1. The maximum absolute atomic E-state index is 14.8. The van der Waals surface area contributed by atoms with E-state index >= 15 is 0 Å². The fraction of sp³-hybridized carbons (Fsp3) is 0.357. The molecule has 1 aromatic heterocycles. The molecule has 7 heteroatoms. The third-order valence-electron chi connectivity index (χ3n) is 6.64. The van der Waals surface area contributed by atoms with Gasteiger partial charge < -0.3 is 19.3 Å². The minimum atomic E-state index is -1.25. The summed E-state index contributed by atoms with van der Waals surface area (Å²) in [6.45, 7) is 5.54. The van der Waals surface area contributed by atoms with Crippen LogP contribution in [0.2, 0.25) is 0 Å². The van der Waals surface area contributed by atoms with Crippen molar-refractivity contribution in [1.82, 2.24) is 9.47 Å². The van der Waals surface area contributed by atoms with Crippen LogP contribution in [0.3, 0.4) is 0 Å². The summed E-state index contributed by atoms with van der Waals surface area (Å²) >= 11 is 0. The number of nitrogens with zero attached hydrogens (tertiary/aromatic N) is 2. The van der Waals surface area contributed by atoms with Crippen LogP contribution in [0.5, 0.6) is 0 Å². The van der Waals surface area contributed by atoms with Gasteiger partial charge in [0.1, 0.15) is 11.4 Å². The normalized spacial score (nSPS) is 19.4. The van der Waals surface area contributed by atoms with Gasteiger partial charge in [-0.3, -0.25) is 4.79 Å². The van der Waals surface area contributed by atoms with Crippen molar-refractivity contribution in [2.75, 3.05) is 6.54 Å². The Kier molecular flexibility index (Phi) is 6.56. The molecule has 35 heavy (non-hydrogen) atoms. The molecule has 0 aliphatic carbocycles. The maximum Gasteiger partial charge on any atom is 0.411 e. The number of aliphatic hydroxyl groups is 1. The Balaban J connectivity index is 1.56. The van der Waals surface area contributed by atoms with Crippen LogP contribution in [0.1, 0.15) is 50.8 Å². The summed E-state index contributed by atoms with van der Waals surface area (Å²) in [5.41, 5.74) is 0.614. The first-order valence-electron chi connectivity index (χ1n) is 11.7. The van der Waals surface area contributed by atoms with Gasteiger partial charge in [-0.1, -0.05) is 42.5 Å². The molecular formula is C28H31FN2O4. The van der Waals surface area contributed by atoms with E-state index in [1.54, 1.807) is 56.3 Å². The first kappa shape index (κ1) is 24.7. The zero-order chi connectivity index (χ0) is 25.4. The molecule has 2 heterocycles. The van der Waals surface area contributed by atoms with Crippen molar-refractivity contribution < 1.29 is 19.0 Å². The molecule has 0 spiro atoms. The topological polar surface area (TPSA) is 71.8 Å². The highest BCUT2D eigenvalue weighted by Crippen LogP contribution is 2.43. The summed E-state index contributed by atoms with van der Waals surface area (Å²) in [6.07, 6.45) is 1.68. The molecule has 1 amide bonds. The summed E-state index contributed by atoms with van der Waals surface area (Å²) in [6, 6.07) is 17.1. The molecular weight excluding hydrogens is 447 g/mol. The van der Waals surface area contributed by atoms with E-state index in [0.29, 0.717) is 13.0 Å². The Morgan fingerprint density at radius 1 is 1.06 bits per heavy atom. The number of amides is 1. The van der Waals surface area contributed by atoms with Crippen LogP contribution in [0, 0.1) is 5.82 Å². The predicted molar refractivity (Wildman–Crippen MR) is 132 cm³/mol.